The number of sulfonamides is 1. The van der Waals surface area contributed by atoms with Crippen molar-refractivity contribution in [3.05, 3.63) is 75.9 Å². The highest BCUT2D eigenvalue weighted by Gasteiger charge is 2.30. The summed E-state index contributed by atoms with van der Waals surface area (Å²) in [7, 11) is -3.62. The van der Waals surface area contributed by atoms with Gasteiger partial charge in [-0.2, -0.15) is 0 Å². The number of nitrogens with zero attached hydrogens (tertiary/aromatic N) is 1. The van der Waals surface area contributed by atoms with Crippen molar-refractivity contribution in [3.63, 3.8) is 0 Å². The van der Waals surface area contributed by atoms with Crippen molar-refractivity contribution in [1.29, 1.82) is 0 Å². The first kappa shape index (κ1) is 19.9. The molecule has 2 aromatic carbocycles. The summed E-state index contributed by atoms with van der Waals surface area (Å²) < 4.78 is 41.6. The highest BCUT2D eigenvalue weighted by Crippen LogP contribution is 2.35. The average Bonchev–Trinajstić information content (AvgIpc) is 3.23. The van der Waals surface area contributed by atoms with Crippen LogP contribution in [-0.2, 0) is 16.4 Å². The van der Waals surface area contributed by atoms with Crippen LogP contribution in [-0.4, -0.2) is 20.9 Å². The first-order chi connectivity index (χ1) is 13.9. The third-order valence-electron chi connectivity index (χ3n) is 4.64. The first-order valence-electron chi connectivity index (χ1n) is 8.82. The molecular formula is C20H16ClFN2O3S2. The Morgan fingerprint density at radius 1 is 1.17 bits per heavy atom. The molecule has 150 valence electrons. The third kappa shape index (κ3) is 3.75. The lowest BCUT2D eigenvalue weighted by Crippen LogP contribution is -2.35. The zero-order valence-corrected chi connectivity index (χ0v) is 17.5. The molecule has 1 N–H and O–H groups in total. The average molecular weight is 451 g/mol. The predicted molar refractivity (Wildman–Crippen MR) is 113 cm³/mol. The molecule has 29 heavy (non-hydrogen) atoms. The monoisotopic (exact) mass is 450 g/mol. The molecule has 0 bridgehead atoms. The molecule has 0 unspecified atom stereocenters. The molecule has 0 aliphatic carbocycles. The van der Waals surface area contributed by atoms with E-state index in [1.807, 2.05) is 0 Å². The Morgan fingerprint density at radius 2 is 2.00 bits per heavy atom. The summed E-state index contributed by atoms with van der Waals surface area (Å²) in [5.74, 6) is -1.37. The molecule has 3 aromatic rings. The third-order valence-corrected chi connectivity index (χ3v) is 8.14. The maximum atomic E-state index is 14.0. The number of carbonyl (C=O) groups is 1. The Hall–Kier alpha value is -2.42. The SMILES string of the molecule is O=C(Nc1ccc2c(c1)CCCN2S(=O)(=O)c1cccs1)c1c(F)cccc1Cl. The zero-order chi connectivity index (χ0) is 20.6. The van der Waals surface area contributed by atoms with E-state index in [-0.39, 0.29) is 14.8 Å². The number of hydrogen-bond donors (Lipinski definition) is 1. The fourth-order valence-corrected chi connectivity index (χ4v) is 6.21. The molecule has 1 aromatic heterocycles. The minimum atomic E-state index is -3.62. The zero-order valence-electron chi connectivity index (χ0n) is 15.1. The summed E-state index contributed by atoms with van der Waals surface area (Å²) in [5, 5.41) is 4.39. The lowest BCUT2D eigenvalue weighted by molar-refractivity contribution is 0.102. The van der Waals surface area contributed by atoms with Crippen LogP contribution in [0.4, 0.5) is 15.8 Å². The number of thiophene rings is 1. The summed E-state index contributed by atoms with van der Waals surface area (Å²) in [6.45, 7) is 0.393. The number of aryl methyl sites for hydroxylation is 1. The van der Waals surface area contributed by atoms with Gasteiger partial charge in [0.1, 0.15) is 10.0 Å². The minimum absolute atomic E-state index is 0.0219. The maximum absolute atomic E-state index is 14.0. The Morgan fingerprint density at radius 3 is 2.72 bits per heavy atom. The van der Waals surface area contributed by atoms with Crippen LogP contribution in [0.25, 0.3) is 0 Å². The molecule has 1 aliphatic rings. The molecule has 0 radical (unpaired) electrons. The highest BCUT2D eigenvalue weighted by molar-refractivity contribution is 7.94. The molecule has 5 nitrogen and oxygen atoms in total. The van der Waals surface area contributed by atoms with Crippen molar-refractivity contribution in [2.75, 3.05) is 16.2 Å². The molecule has 0 saturated heterocycles. The summed E-state index contributed by atoms with van der Waals surface area (Å²) in [6.07, 6.45) is 1.34. The molecule has 4 rings (SSSR count). The van der Waals surface area contributed by atoms with Gasteiger partial charge >= 0.3 is 0 Å². The number of nitrogens with one attached hydrogen (secondary N) is 1. The van der Waals surface area contributed by atoms with Crippen molar-refractivity contribution in [2.45, 2.75) is 17.1 Å². The highest BCUT2D eigenvalue weighted by atomic mass is 35.5. The lowest BCUT2D eigenvalue weighted by atomic mass is 10.0. The molecule has 1 amide bonds. The molecule has 0 fully saturated rings. The second kappa shape index (κ2) is 7.78. The summed E-state index contributed by atoms with van der Waals surface area (Å²) in [4.78, 5) is 12.5. The van der Waals surface area contributed by atoms with Crippen LogP contribution in [0.3, 0.4) is 0 Å². The second-order valence-corrected chi connectivity index (χ2v) is 9.95. The topological polar surface area (TPSA) is 66.5 Å². The van der Waals surface area contributed by atoms with Crippen LogP contribution in [0.5, 0.6) is 0 Å². The molecule has 0 atom stereocenters. The Labute approximate surface area is 176 Å². The van der Waals surface area contributed by atoms with E-state index in [1.165, 1.54) is 33.8 Å². The smallest absolute Gasteiger partial charge is 0.273 e. The normalized spacial score (nSPS) is 13.8. The van der Waals surface area contributed by atoms with E-state index in [1.54, 1.807) is 35.7 Å². The summed E-state index contributed by atoms with van der Waals surface area (Å²) in [6, 6.07) is 12.3. The Balaban J connectivity index is 1.63. The van der Waals surface area contributed by atoms with Gasteiger partial charge < -0.3 is 5.32 Å². The van der Waals surface area contributed by atoms with E-state index in [4.69, 9.17) is 11.6 Å². The van der Waals surface area contributed by atoms with E-state index in [0.717, 1.165) is 5.56 Å². The van der Waals surface area contributed by atoms with Gasteiger partial charge in [0.15, 0.2) is 0 Å². The van der Waals surface area contributed by atoms with E-state index < -0.39 is 21.7 Å². The summed E-state index contributed by atoms with van der Waals surface area (Å²) in [5.41, 5.74) is 1.61. The number of fused-ring (bicyclic) bond motifs is 1. The standard InChI is InChI=1S/C20H16ClFN2O3S2/c21-15-5-1-6-16(22)19(15)20(25)23-14-8-9-17-13(12-14)4-2-10-24(17)29(26,27)18-7-3-11-28-18/h1,3,5-9,11-12H,2,4,10H2,(H,23,25). The fraction of sp³-hybridized carbons (Fsp3) is 0.150. The van der Waals surface area contributed by atoms with Crippen molar-refractivity contribution in [1.82, 2.24) is 0 Å². The Kier molecular flexibility index (Phi) is 5.33. The van der Waals surface area contributed by atoms with Crippen LogP contribution >= 0.6 is 22.9 Å². The predicted octanol–water partition coefficient (Wildman–Crippen LogP) is 4.93. The number of hydrogen-bond acceptors (Lipinski definition) is 4. The van der Waals surface area contributed by atoms with E-state index >= 15 is 0 Å². The van der Waals surface area contributed by atoms with Gasteiger partial charge in [-0.1, -0.05) is 23.7 Å². The number of anilines is 2. The fourth-order valence-electron chi connectivity index (χ4n) is 3.32. The molecule has 2 heterocycles. The van der Waals surface area contributed by atoms with Gasteiger partial charge in [-0.05, 0) is 60.2 Å². The number of amides is 1. The molecular weight excluding hydrogens is 435 g/mol. The van der Waals surface area contributed by atoms with Crippen LogP contribution in [0, 0.1) is 5.82 Å². The van der Waals surface area contributed by atoms with E-state index in [2.05, 4.69) is 5.32 Å². The molecule has 1 aliphatic heterocycles. The van der Waals surface area contributed by atoms with Crippen LogP contribution in [0.15, 0.2) is 58.1 Å². The van der Waals surface area contributed by atoms with Crippen LogP contribution in [0.1, 0.15) is 22.3 Å². The van der Waals surface area contributed by atoms with Crippen molar-refractivity contribution >= 4 is 50.2 Å². The van der Waals surface area contributed by atoms with E-state index in [0.29, 0.717) is 30.8 Å². The van der Waals surface area contributed by atoms with Crippen LogP contribution < -0.4 is 9.62 Å². The van der Waals surface area contributed by atoms with Crippen molar-refractivity contribution in [3.8, 4) is 0 Å². The minimum Gasteiger partial charge on any atom is -0.322 e. The van der Waals surface area contributed by atoms with Gasteiger partial charge in [0, 0.05) is 12.2 Å². The number of halogens is 2. The van der Waals surface area contributed by atoms with Gasteiger partial charge in [0.25, 0.3) is 15.9 Å². The first-order valence-corrected chi connectivity index (χ1v) is 11.5. The lowest BCUT2D eigenvalue weighted by Gasteiger charge is -2.30. The van der Waals surface area contributed by atoms with Crippen LogP contribution in [0.2, 0.25) is 5.02 Å². The number of rotatable bonds is 4. The maximum Gasteiger partial charge on any atom is 0.273 e. The summed E-state index contributed by atoms with van der Waals surface area (Å²) >= 11 is 7.13. The van der Waals surface area contributed by atoms with Crippen molar-refractivity contribution in [2.24, 2.45) is 0 Å². The second-order valence-electron chi connectivity index (χ2n) is 6.51. The molecule has 0 saturated carbocycles. The van der Waals surface area contributed by atoms with Crippen molar-refractivity contribution < 1.29 is 17.6 Å². The van der Waals surface area contributed by atoms with Gasteiger partial charge in [-0.25, -0.2) is 12.8 Å². The number of benzene rings is 2. The van der Waals surface area contributed by atoms with Gasteiger partial charge in [-0.3, -0.25) is 9.10 Å². The van der Waals surface area contributed by atoms with E-state index in [9.17, 15) is 17.6 Å². The van der Waals surface area contributed by atoms with Gasteiger partial charge in [-0.15, -0.1) is 11.3 Å². The largest absolute Gasteiger partial charge is 0.322 e. The van der Waals surface area contributed by atoms with Gasteiger partial charge in [0.2, 0.25) is 0 Å². The molecule has 9 heteroatoms. The number of carbonyl (C=O) groups excluding carboxylic acids is 1. The molecule has 0 spiro atoms. The quantitative estimate of drug-likeness (QED) is 0.612. The van der Waals surface area contributed by atoms with Gasteiger partial charge in [0.05, 0.1) is 16.3 Å². The Bertz CT molecular complexity index is 1160.